The number of hydrogen-bond acceptors (Lipinski definition) is 5. The number of methoxy groups -OCH3 is 1. The van der Waals surface area contributed by atoms with Crippen LogP contribution in [-0.2, 0) is 26.2 Å². The second-order valence-electron chi connectivity index (χ2n) is 8.53. The Kier molecular flexibility index (Phi) is 10.6. The van der Waals surface area contributed by atoms with E-state index >= 15 is 0 Å². The second kappa shape index (κ2) is 13.1. The normalized spacial score (nSPS) is 12.0. The van der Waals surface area contributed by atoms with Gasteiger partial charge >= 0.3 is 0 Å². The lowest BCUT2D eigenvalue weighted by Crippen LogP contribution is -2.48. The molecule has 0 aromatic heterocycles. The van der Waals surface area contributed by atoms with Gasteiger partial charge in [0.25, 0.3) is 0 Å². The van der Waals surface area contributed by atoms with E-state index in [1.165, 1.54) is 11.4 Å². The van der Waals surface area contributed by atoms with Gasteiger partial charge in [0.2, 0.25) is 21.8 Å². The molecular formula is C26H37N3O5S. The number of nitrogens with zero attached hydrogens (tertiary/aromatic N) is 2. The first-order valence-electron chi connectivity index (χ1n) is 11.8. The summed E-state index contributed by atoms with van der Waals surface area (Å²) < 4.78 is 31.6. The zero-order chi connectivity index (χ0) is 26.0. The number of rotatable bonds is 13. The van der Waals surface area contributed by atoms with Gasteiger partial charge < -0.3 is 15.0 Å². The molecule has 9 heteroatoms. The molecule has 0 spiro atoms. The Labute approximate surface area is 209 Å². The van der Waals surface area contributed by atoms with Gasteiger partial charge in [-0.25, -0.2) is 8.42 Å². The number of anilines is 1. The molecule has 0 bridgehead atoms. The molecule has 1 atom stereocenters. The fourth-order valence-corrected chi connectivity index (χ4v) is 4.74. The molecule has 0 aliphatic carbocycles. The number of carbonyl (C=O) groups is 2. The number of aryl methyl sites for hydroxylation is 1. The summed E-state index contributed by atoms with van der Waals surface area (Å²) in [6.45, 7) is 6.61. The number of benzene rings is 2. The Morgan fingerprint density at radius 1 is 1.09 bits per heavy atom. The maximum Gasteiger partial charge on any atom is 0.242 e. The van der Waals surface area contributed by atoms with E-state index in [9.17, 15) is 18.0 Å². The Balaban J connectivity index is 2.19. The van der Waals surface area contributed by atoms with Gasteiger partial charge in [0.1, 0.15) is 11.8 Å². The molecular weight excluding hydrogens is 466 g/mol. The van der Waals surface area contributed by atoms with Crippen molar-refractivity contribution in [1.82, 2.24) is 10.2 Å². The van der Waals surface area contributed by atoms with Gasteiger partial charge in [-0.2, -0.15) is 0 Å². The highest BCUT2D eigenvalue weighted by molar-refractivity contribution is 7.92. The molecule has 0 aliphatic heterocycles. The van der Waals surface area contributed by atoms with Gasteiger partial charge in [0.15, 0.2) is 0 Å². The van der Waals surface area contributed by atoms with Crippen LogP contribution >= 0.6 is 0 Å². The minimum absolute atomic E-state index is 0.0957. The van der Waals surface area contributed by atoms with Crippen molar-refractivity contribution < 1.29 is 22.7 Å². The summed E-state index contributed by atoms with van der Waals surface area (Å²) in [6, 6.07) is 14.0. The highest BCUT2D eigenvalue weighted by atomic mass is 32.2. The smallest absolute Gasteiger partial charge is 0.242 e. The van der Waals surface area contributed by atoms with Crippen LogP contribution in [0.25, 0.3) is 0 Å². The van der Waals surface area contributed by atoms with Crippen molar-refractivity contribution in [1.29, 1.82) is 0 Å². The van der Waals surface area contributed by atoms with Crippen LogP contribution in [0.2, 0.25) is 0 Å². The van der Waals surface area contributed by atoms with Crippen molar-refractivity contribution in [3.8, 4) is 5.75 Å². The predicted octanol–water partition coefficient (Wildman–Crippen LogP) is 3.49. The number of sulfonamides is 1. The first kappa shape index (κ1) is 28.2. The average Bonchev–Trinajstić information content (AvgIpc) is 2.83. The van der Waals surface area contributed by atoms with Crippen molar-refractivity contribution >= 4 is 27.5 Å². The molecule has 0 fully saturated rings. The molecule has 8 nitrogen and oxygen atoms in total. The van der Waals surface area contributed by atoms with Crippen LogP contribution in [-0.4, -0.2) is 57.6 Å². The molecule has 192 valence electrons. The average molecular weight is 504 g/mol. The minimum Gasteiger partial charge on any atom is -0.495 e. The monoisotopic (exact) mass is 503 g/mol. The van der Waals surface area contributed by atoms with Crippen molar-refractivity contribution in [2.45, 2.75) is 52.6 Å². The fourth-order valence-electron chi connectivity index (χ4n) is 3.77. The van der Waals surface area contributed by atoms with E-state index in [4.69, 9.17) is 4.74 Å². The van der Waals surface area contributed by atoms with Gasteiger partial charge in [-0.05, 0) is 49.9 Å². The molecule has 0 radical (unpaired) electrons. The summed E-state index contributed by atoms with van der Waals surface area (Å²) in [5, 5.41) is 2.86. The van der Waals surface area contributed by atoms with Gasteiger partial charge in [-0.15, -0.1) is 0 Å². The first-order chi connectivity index (χ1) is 16.6. The minimum atomic E-state index is -3.60. The molecule has 35 heavy (non-hydrogen) atoms. The van der Waals surface area contributed by atoms with Crippen LogP contribution in [0.4, 0.5) is 5.69 Å². The first-order valence-corrected chi connectivity index (χ1v) is 13.7. The third-order valence-corrected chi connectivity index (χ3v) is 7.00. The van der Waals surface area contributed by atoms with Crippen LogP contribution in [0.3, 0.4) is 0 Å². The van der Waals surface area contributed by atoms with E-state index in [-0.39, 0.29) is 31.2 Å². The number of hydrogen-bond donors (Lipinski definition) is 1. The van der Waals surface area contributed by atoms with Crippen molar-refractivity contribution in [3.05, 3.63) is 59.7 Å². The third-order valence-electron chi connectivity index (χ3n) is 5.82. The van der Waals surface area contributed by atoms with Crippen LogP contribution in [0, 0.1) is 6.92 Å². The molecule has 0 saturated carbocycles. The number of carbonyl (C=O) groups excluding carboxylic acids is 2. The number of amides is 2. The Morgan fingerprint density at radius 2 is 1.74 bits per heavy atom. The molecule has 2 aromatic carbocycles. The summed E-state index contributed by atoms with van der Waals surface area (Å²) in [5.74, 6) is 0.0214. The number of para-hydroxylation sites is 2. The van der Waals surface area contributed by atoms with Gasteiger partial charge in [0.05, 0.1) is 19.1 Å². The maximum absolute atomic E-state index is 13.3. The summed E-state index contributed by atoms with van der Waals surface area (Å²) in [6.07, 6.45) is 2.32. The lowest BCUT2D eigenvalue weighted by atomic mass is 10.1. The van der Waals surface area contributed by atoms with Crippen molar-refractivity contribution in [3.63, 3.8) is 0 Å². The maximum atomic E-state index is 13.3. The largest absolute Gasteiger partial charge is 0.495 e. The molecule has 2 amide bonds. The van der Waals surface area contributed by atoms with Crippen molar-refractivity contribution in [2.24, 2.45) is 0 Å². The zero-order valence-corrected chi connectivity index (χ0v) is 22.1. The van der Waals surface area contributed by atoms with Crippen LogP contribution in [0.1, 0.15) is 44.2 Å². The molecule has 0 saturated heterocycles. The summed E-state index contributed by atoms with van der Waals surface area (Å²) in [5.41, 5.74) is 2.42. The number of nitrogens with one attached hydrogen (secondary N) is 1. The van der Waals surface area contributed by atoms with Crippen molar-refractivity contribution in [2.75, 3.05) is 30.8 Å². The summed E-state index contributed by atoms with van der Waals surface area (Å²) >= 11 is 0. The third kappa shape index (κ3) is 7.99. The fraction of sp³-hybridized carbons (Fsp3) is 0.462. The molecule has 2 rings (SSSR count). The quantitative estimate of drug-likeness (QED) is 0.451. The molecule has 0 aliphatic rings. The topological polar surface area (TPSA) is 96.0 Å². The summed E-state index contributed by atoms with van der Waals surface area (Å²) in [4.78, 5) is 27.6. The molecule has 0 unspecified atom stereocenters. The van der Waals surface area contributed by atoms with Crippen LogP contribution in [0.15, 0.2) is 48.5 Å². The molecule has 2 aromatic rings. The Morgan fingerprint density at radius 3 is 2.37 bits per heavy atom. The summed E-state index contributed by atoms with van der Waals surface area (Å²) in [7, 11) is -2.12. The SMILES string of the molecule is CCCNC(=O)[C@@H](C)N(Cc1ccccc1C)C(=O)CCCN(c1ccccc1OC)S(C)(=O)=O. The lowest BCUT2D eigenvalue weighted by molar-refractivity contribution is -0.140. The van der Waals surface area contributed by atoms with Gasteiger partial charge in [0, 0.05) is 26.1 Å². The highest BCUT2D eigenvalue weighted by Crippen LogP contribution is 2.29. The van der Waals surface area contributed by atoms with E-state index in [2.05, 4.69) is 5.32 Å². The van der Waals surface area contributed by atoms with Gasteiger partial charge in [-0.1, -0.05) is 43.3 Å². The number of ether oxygens (including phenoxy) is 1. The van der Waals surface area contributed by atoms with E-state index in [0.29, 0.717) is 24.5 Å². The van der Waals surface area contributed by atoms with Crippen LogP contribution < -0.4 is 14.4 Å². The van der Waals surface area contributed by atoms with Gasteiger partial charge in [-0.3, -0.25) is 13.9 Å². The van der Waals surface area contributed by atoms with E-state index in [0.717, 1.165) is 23.8 Å². The second-order valence-corrected chi connectivity index (χ2v) is 10.4. The highest BCUT2D eigenvalue weighted by Gasteiger charge is 2.27. The van der Waals surface area contributed by atoms with E-state index < -0.39 is 16.1 Å². The van der Waals surface area contributed by atoms with Crippen LogP contribution in [0.5, 0.6) is 5.75 Å². The predicted molar refractivity (Wildman–Crippen MR) is 139 cm³/mol. The molecule has 0 heterocycles. The zero-order valence-electron chi connectivity index (χ0n) is 21.3. The lowest BCUT2D eigenvalue weighted by Gasteiger charge is -2.30. The van der Waals surface area contributed by atoms with E-state index in [1.807, 2.05) is 38.1 Å². The van der Waals surface area contributed by atoms with E-state index in [1.54, 1.807) is 36.1 Å². The standard InChI is InChI=1S/C26H37N3O5S/c1-6-17-27-26(31)21(3)28(19-22-13-8-7-12-20(22)2)25(30)16-11-18-29(35(5,32)33)23-14-9-10-15-24(23)34-4/h7-10,12-15,21H,6,11,16-19H2,1-5H3,(H,27,31)/t21-/m1/s1. The molecule has 1 N–H and O–H groups in total. The Hall–Kier alpha value is -3.07. The Bertz CT molecular complexity index is 1100.